The van der Waals surface area contributed by atoms with Crippen molar-refractivity contribution in [1.29, 1.82) is 0 Å². The molecule has 4 radical (unpaired) electrons. The van der Waals surface area contributed by atoms with Crippen molar-refractivity contribution in [1.82, 2.24) is 0 Å². The van der Waals surface area contributed by atoms with E-state index in [1.165, 1.54) is 6.07 Å². The normalized spacial score (nSPS) is 9.75. The molecule has 0 heterocycles. The zero-order valence-corrected chi connectivity index (χ0v) is 6.04. The molecule has 12 heavy (non-hydrogen) atoms. The molecule has 56 valence electrons. The van der Waals surface area contributed by atoms with Crippen molar-refractivity contribution in [3.05, 3.63) is 23.5 Å². The molecule has 1 rings (SSSR count). The van der Waals surface area contributed by atoms with Crippen molar-refractivity contribution >= 4 is 32.6 Å². The van der Waals surface area contributed by atoms with Crippen LogP contribution >= 0.6 is 0 Å². The number of carboxylic acids is 1. The molecule has 0 unspecified atom stereocenters. The first-order valence-corrected chi connectivity index (χ1v) is 3.10. The lowest BCUT2D eigenvalue weighted by atomic mass is 9.83. The molecule has 0 aliphatic heterocycles. The molecule has 0 aliphatic carbocycles. The third-order valence-electron chi connectivity index (χ3n) is 1.36. The Hall–Kier alpha value is -1.25. The summed E-state index contributed by atoms with van der Waals surface area (Å²) in [6.45, 7) is 0. The van der Waals surface area contributed by atoms with E-state index in [-0.39, 0.29) is 10.9 Å². The maximum atomic E-state index is 12.8. The highest BCUT2D eigenvalue weighted by atomic mass is 19.1. The Bertz CT molecular complexity index is 315. The number of carbonyl (C=O) groups is 1. The van der Waals surface area contributed by atoms with Crippen molar-refractivity contribution in [2.45, 2.75) is 0 Å². The Labute approximate surface area is 71.2 Å². The molecule has 0 atom stereocenters. The van der Waals surface area contributed by atoms with Crippen LogP contribution in [0.25, 0.3) is 0 Å². The Balaban J connectivity index is 3.38. The van der Waals surface area contributed by atoms with Crippen LogP contribution in [0.1, 0.15) is 10.4 Å². The standard InChI is InChI=1S/C7H3B2FO2/c8-3-1-4(9)6(7(11)12)5(10)2-3/h1-2H,(H,11,12). The van der Waals surface area contributed by atoms with Crippen LogP contribution in [0, 0.1) is 5.82 Å². The average Bonchev–Trinajstić information content (AvgIpc) is 1.82. The van der Waals surface area contributed by atoms with E-state index in [0.717, 1.165) is 6.07 Å². The molecular weight excluding hydrogens is 157 g/mol. The molecule has 1 aromatic rings. The number of carboxylic acid groups (broad SMARTS) is 1. The molecule has 0 fully saturated rings. The second kappa shape index (κ2) is 3.01. The molecular formula is C7H3B2FO2. The first-order chi connectivity index (χ1) is 5.52. The number of hydrogen-bond acceptors (Lipinski definition) is 1. The van der Waals surface area contributed by atoms with Gasteiger partial charge in [0.1, 0.15) is 21.5 Å². The van der Waals surface area contributed by atoms with Crippen LogP contribution in [-0.4, -0.2) is 26.8 Å². The van der Waals surface area contributed by atoms with Gasteiger partial charge in [-0.3, -0.25) is 0 Å². The van der Waals surface area contributed by atoms with Crippen LogP contribution in [0.3, 0.4) is 0 Å². The minimum absolute atomic E-state index is 0.106. The predicted molar refractivity (Wildman–Crippen MR) is 44.1 cm³/mol. The fourth-order valence-electron chi connectivity index (χ4n) is 0.875. The fraction of sp³-hybridized carbons (Fsp3) is 0. The Kier molecular flexibility index (Phi) is 2.22. The molecule has 0 saturated carbocycles. The summed E-state index contributed by atoms with van der Waals surface area (Å²) in [6.07, 6.45) is 0. The van der Waals surface area contributed by atoms with E-state index in [4.69, 9.17) is 20.8 Å². The van der Waals surface area contributed by atoms with Crippen molar-refractivity contribution in [3.63, 3.8) is 0 Å². The van der Waals surface area contributed by atoms with Crippen molar-refractivity contribution < 1.29 is 14.3 Å². The highest BCUT2D eigenvalue weighted by molar-refractivity contribution is 6.40. The van der Waals surface area contributed by atoms with Crippen LogP contribution in [0.2, 0.25) is 0 Å². The molecule has 1 aromatic carbocycles. The van der Waals surface area contributed by atoms with E-state index in [0.29, 0.717) is 0 Å². The smallest absolute Gasteiger partial charge is 0.338 e. The van der Waals surface area contributed by atoms with Crippen molar-refractivity contribution in [3.8, 4) is 0 Å². The summed E-state index contributed by atoms with van der Waals surface area (Å²) < 4.78 is 12.8. The van der Waals surface area contributed by atoms with Gasteiger partial charge in [-0.1, -0.05) is 17.0 Å². The number of hydrogen-bond donors (Lipinski definition) is 1. The molecule has 0 saturated heterocycles. The summed E-state index contributed by atoms with van der Waals surface area (Å²) in [5.41, 5.74) is -0.598. The molecule has 1 N–H and O–H groups in total. The second-order valence-electron chi connectivity index (χ2n) is 2.27. The summed E-state index contributed by atoms with van der Waals surface area (Å²) in [5, 5.41) is 8.48. The Morgan fingerprint density at radius 3 is 2.42 bits per heavy atom. The molecule has 0 spiro atoms. The van der Waals surface area contributed by atoms with Gasteiger partial charge in [0.25, 0.3) is 0 Å². The fourth-order valence-corrected chi connectivity index (χ4v) is 0.875. The van der Waals surface area contributed by atoms with Crippen LogP contribution in [0.5, 0.6) is 0 Å². The lowest BCUT2D eigenvalue weighted by Crippen LogP contribution is -2.23. The number of aromatic carboxylic acids is 1. The van der Waals surface area contributed by atoms with Crippen molar-refractivity contribution in [2.24, 2.45) is 0 Å². The highest BCUT2D eigenvalue weighted by Crippen LogP contribution is 2.00. The predicted octanol–water partition coefficient (Wildman–Crippen LogP) is -0.889. The number of halogens is 1. The van der Waals surface area contributed by atoms with Gasteiger partial charge in [0.2, 0.25) is 0 Å². The van der Waals surface area contributed by atoms with Gasteiger partial charge in [0, 0.05) is 0 Å². The summed E-state index contributed by atoms with van der Waals surface area (Å²) >= 11 is 0. The monoisotopic (exact) mass is 160 g/mol. The molecule has 0 aromatic heterocycles. The van der Waals surface area contributed by atoms with Crippen molar-refractivity contribution in [2.75, 3.05) is 0 Å². The van der Waals surface area contributed by atoms with Crippen LogP contribution in [-0.2, 0) is 0 Å². The maximum Gasteiger partial charge on any atom is 0.338 e. The summed E-state index contributed by atoms with van der Waals surface area (Å²) in [5.74, 6) is -2.31. The van der Waals surface area contributed by atoms with Gasteiger partial charge >= 0.3 is 5.97 Å². The summed E-state index contributed by atoms with van der Waals surface area (Å²) in [7, 11) is 10.4. The first kappa shape index (κ1) is 8.84. The lowest BCUT2D eigenvalue weighted by molar-refractivity contribution is 0.0693. The molecule has 2 nitrogen and oxygen atoms in total. The van der Waals surface area contributed by atoms with Gasteiger partial charge < -0.3 is 5.11 Å². The minimum atomic E-state index is -1.40. The Morgan fingerprint density at radius 2 is 2.00 bits per heavy atom. The lowest BCUT2D eigenvalue weighted by Gasteiger charge is -2.03. The zero-order valence-electron chi connectivity index (χ0n) is 6.04. The summed E-state index contributed by atoms with van der Waals surface area (Å²) in [4.78, 5) is 10.4. The van der Waals surface area contributed by atoms with Gasteiger partial charge in [-0.25, -0.2) is 9.18 Å². The molecule has 0 aliphatic rings. The highest BCUT2D eigenvalue weighted by Gasteiger charge is 2.12. The van der Waals surface area contributed by atoms with Crippen LogP contribution in [0.15, 0.2) is 12.1 Å². The SMILES string of the molecule is [B]c1cc([B])c(C(=O)O)c(F)c1. The number of benzene rings is 1. The second-order valence-corrected chi connectivity index (χ2v) is 2.27. The van der Waals surface area contributed by atoms with E-state index < -0.39 is 17.3 Å². The van der Waals surface area contributed by atoms with E-state index in [2.05, 4.69) is 0 Å². The largest absolute Gasteiger partial charge is 0.478 e. The van der Waals surface area contributed by atoms with Crippen LogP contribution in [0.4, 0.5) is 4.39 Å². The average molecular weight is 160 g/mol. The summed E-state index contributed by atoms with van der Waals surface area (Å²) in [6, 6.07) is 2.12. The van der Waals surface area contributed by atoms with Gasteiger partial charge in [-0.05, 0) is 6.07 Å². The molecule has 0 bridgehead atoms. The number of rotatable bonds is 1. The quantitative estimate of drug-likeness (QED) is 0.541. The topological polar surface area (TPSA) is 37.3 Å². The van der Waals surface area contributed by atoms with Gasteiger partial charge in [-0.2, -0.15) is 0 Å². The maximum absolute atomic E-state index is 12.8. The van der Waals surface area contributed by atoms with Gasteiger partial charge in [0.15, 0.2) is 0 Å². The zero-order chi connectivity index (χ0) is 9.30. The third kappa shape index (κ3) is 1.49. The van der Waals surface area contributed by atoms with Gasteiger partial charge in [-0.15, -0.1) is 0 Å². The molecule has 5 heteroatoms. The van der Waals surface area contributed by atoms with E-state index in [9.17, 15) is 9.18 Å². The van der Waals surface area contributed by atoms with Crippen LogP contribution < -0.4 is 10.9 Å². The minimum Gasteiger partial charge on any atom is -0.478 e. The van der Waals surface area contributed by atoms with Gasteiger partial charge in [0.05, 0.1) is 5.56 Å². The first-order valence-electron chi connectivity index (χ1n) is 3.10. The van der Waals surface area contributed by atoms with E-state index in [1.807, 2.05) is 0 Å². The van der Waals surface area contributed by atoms with E-state index >= 15 is 0 Å². The Morgan fingerprint density at radius 1 is 1.42 bits per heavy atom. The van der Waals surface area contributed by atoms with E-state index in [1.54, 1.807) is 0 Å². The third-order valence-corrected chi connectivity index (χ3v) is 1.36. The molecule has 0 amide bonds.